The smallest absolute Gasteiger partial charge is 0.348 e. The summed E-state index contributed by atoms with van der Waals surface area (Å²) >= 11 is 0.846. The SMILES string of the molecule is CC(=O)N1CCCCC1C(=O)NCc1nc(C(F)(F)F)cs1. The van der Waals surface area contributed by atoms with E-state index in [1.54, 1.807) is 0 Å². The first kappa shape index (κ1) is 16.7. The minimum Gasteiger partial charge on any atom is -0.348 e. The van der Waals surface area contributed by atoms with Crippen molar-refractivity contribution in [2.24, 2.45) is 0 Å². The third-order valence-electron chi connectivity index (χ3n) is 3.47. The van der Waals surface area contributed by atoms with Crippen LogP contribution in [0.5, 0.6) is 0 Å². The highest BCUT2D eigenvalue weighted by molar-refractivity contribution is 7.09. The van der Waals surface area contributed by atoms with Gasteiger partial charge in [-0.2, -0.15) is 13.2 Å². The lowest BCUT2D eigenvalue weighted by Gasteiger charge is -2.33. The second-order valence-corrected chi connectivity index (χ2v) is 6.01. The highest BCUT2D eigenvalue weighted by Crippen LogP contribution is 2.30. The normalized spacial score (nSPS) is 19.1. The van der Waals surface area contributed by atoms with Gasteiger partial charge in [0.15, 0.2) is 5.69 Å². The number of carbonyl (C=O) groups is 2. The molecule has 0 bridgehead atoms. The van der Waals surface area contributed by atoms with Gasteiger partial charge in [0, 0.05) is 18.8 Å². The van der Waals surface area contributed by atoms with Crippen molar-refractivity contribution >= 4 is 23.2 Å². The van der Waals surface area contributed by atoms with Crippen molar-refractivity contribution < 1.29 is 22.8 Å². The molecule has 1 aliphatic heterocycles. The maximum atomic E-state index is 12.4. The van der Waals surface area contributed by atoms with Gasteiger partial charge in [0.25, 0.3) is 0 Å². The highest BCUT2D eigenvalue weighted by atomic mass is 32.1. The number of thiazole rings is 1. The molecule has 1 fully saturated rings. The zero-order valence-electron chi connectivity index (χ0n) is 11.9. The molecular formula is C13H16F3N3O2S. The first-order chi connectivity index (χ1) is 10.3. The summed E-state index contributed by atoms with van der Waals surface area (Å²) < 4.78 is 37.3. The average Bonchev–Trinajstić information content (AvgIpc) is 2.93. The molecule has 1 aromatic rings. The number of piperidine rings is 1. The van der Waals surface area contributed by atoms with Crippen LogP contribution in [-0.2, 0) is 22.3 Å². The van der Waals surface area contributed by atoms with Gasteiger partial charge < -0.3 is 10.2 Å². The number of alkyl halides is 3. The summed E-state index contributed by atoms with van der Waals surface area (Å²) in [4.78, 5) is 28.6. The fourth-order valence-corrected chi connectivity index (χ4v) is 3.12. The van der Waals surface area contributed by atoms with Crippen LogP contribution in [0.4, 0.5) is 13.2 Å². The van der Waals surface area contributed by atoms with Gasteiger partial charge in [-0.05, 0) is 19.3 Å². The molecule has 1 saturated heterocycles. The molecule has 5 nitrogen and oxygen atoms in total. The number of carbonyl (C=O) groups excluding carboxylic acids is 2. The molecule has 1 unspecified atom stereocenters. The number of nitrogens with one attached hydrogen (secondary N) is 1. The van der Waals surface area contributed by atoms with Gasteiger partial charge in [-0.3, -0.25) is 9.59 Å². The summed E-state index contributed by atoms with van der Waals surface area (Å²) in [5.41, 5.74) is -0.954. The standard InChI is InChI=1S/C13H16F3N3O2S/c1-8(20)19-5-3-2-4-9(19)12(21)17-6-11-18-10(7-22-11)13(14,15)16/h7,9H,2-6H2,1H3,(H,17,21). The number of likely N-dealkylation sites (tertiary alicyclic amines) is 1. The number of nitrogens with zero attached hydrogens (tertiary/aromatic N) is 2. The lowest BCUT2D eigenvalue weighted by Crippen LogP contribution is -2.51. The second-order valence-electron chi connectivity index (χ2n) is 5.07. The van der Waals surface area contributed by atoms with Gasteiger partial charge in [-0.1, -0.05) is 0 Å². The third-order valence-corrected chi connectivity index (χ3v) is 4.31. The number of amides is 2. The van der Waals surface area contributed by atoms with Crippen molar-refractivity contribution in [3.8, 4) is 0 Å². The molecule has 2 heterocycles. The Balaban J connectivity index is 1.94. The maximum absolute atomic E-state index is 12.4. The number of hydrogen-bond acceptors (Lipinski definition) is 4. The molecule has 0 spiro atoms. The van der Waals surface area contributed by atoms with Gasteiger partial charge in [-0.15, -0.1) is 11.3 Å². The Bertz CT molecular complexity index is 559. The predicted molar refractivity (Wildman–Crippen MR) is 74.0 cm³/mol. The predicted octanol–water partition coefficient (Wildman–Crippen LogP) is 2.18. The van der Waals surface area contributed by atoms with E-state index >= 15 is 0 Å². The molecule has 1 atom stereocenters. The summed E-state index contributed by atoms with van der Waals surface area (Å²) in [6, 6.07) is -0.548. The largest absolute Gasteiger partial charge is 0.434 e. The summed E-state index contributed by atoms with van der Waals surface area (Å²) in [6.07, 6.45) is -2.22. The van der Waals surface area contributed by atoms with Crippen molar-refractivity contribution in [2.75, 3.05) is 6.54 Å². The lowest BCUT2D eigenvalue weighted by molar-refractivity contribution is -0.141. The molecule has 9 heteroatoms. The van der Waals surface area contributed by atoms with Crippen LogP contribution in [0, 0.1) is 0 Å². The molecule has 2 rings (SSSR count). The zero-order chi connectivity index (χ0) is 16.3. The Morgan fingerprint density at radius 1 is 1.45 bits per heavy atom. The average molecular weight is 335 g/mol. The minimum atomic E-state index is -4.48. The van der Waals surface area contributed by atoms with Crippen LogP contribution < -0.4 is 5.32 Å². The van der Waals surface area contributed by atoms with E-state index in [1.165, 1.54) is 11.8 Å². The van der Waals surface area contributed by atoms with Crippen molar-refractivity contribution in [2.45, 2.75) is 44.9 Å². The Hall–Kier alpha value is -1.64. The molecule has 0 aliphatic carbocycles. The molecule has 0 aromatic carbocycles. The van der Waals surface area contributed by atoms with E-state index < -0.39 is 17.9 Å². The third kappa shape index (κ3) is 3.96. The van der Waals surface area contributed by atoms with E-state index in [-0.39, 0.29) is 23.4 Å². The molecule has 0 radical (unpaired) electrons. The second kappa shape index (κ2) is 6.64. The van der Waals surface area contributed by atoms with E-state index in [0.29, 0.717) is 13.0 Å². The van der Waals surface area contributed by atoms with Crippen LogP contribution in [0.15, 0.2) is 5.38 Å². The molecule has 1 aliphatic rings. The van der Waals surface area contributed by atoms with Crippen LogP contribution in [0.3, 0.4) is 0 Å². The van der Waals surface area contributed by atoms with E-state index in [9.17, 15) is 22.8 Å². The molecule has 0 saturated carbocycles. The molecule has 122 valence electrons. The number of halogens is 3. The van der Waals surface area contributed by atoms with Crippen molar-refractivity contribution in [3.63, 3.8) is 0 Å². The first-order valence-electron chi connectivity index (χ1n) is 6.85. The van der Waals surface area contributed by atoms with Gasteiger partial charge in [0.05, 0.1) is 6.54 Å². The van der Waals surface area contributed by atoms with Crippen LogP contribution in [0.2, 0.25) is 0 Å². The molecule has 1 N–H and O–H groups in total. The van der Waals surface area contributed by atoms with E-state index in [0.717, 1.165) is 29.6 Å². The first-order valence-corrected chi connectivity index (χ1v) is 7.73. The van der Waals surface area contributed by atoms with Crippen molar-refractivity contribution in [1.82, 2.24) is 15.2 Å². The molecule has 1 aromatic heterocycles. The summed E-state index contributed by atoms with van der Waals surface area (Å²) in [5, 5.41) is 3.67. The van der Waals surface area contributed by atoms with E-state index in [2.05, 4.69) is 10.3 Å². The fourth-order valence-electron chi connectivity index (χ4n) is 2.38. The molecule has 22 heavy (non-hydrogen) atoms. The van der Waals surface area contributed by atoms with Crippen LogP contribution in [-0.4, -0.2) is 34.3 Å². The van der Waals surface area contributed by atoms with Gasteiger partial charge in [0.2, 0.25) is 11.8 Å². The van der Waals surface area contributed by atoms with Crippen LogP contribution in [0.1, 0.15) is 36.9 Å². The van der Waals surface area contributed by atoms with E-state index in [1.807, 2.05) is 0 Å². The van der Waals surface area contributed by atoms with Crippen LogP contribution >= 0.6 is 11.3 Å². The lowest BCUT2D eigenvalue weighted by atomic mass is 10.0. The number of aromatic nitrogens is 1. The summed E-state index contributed by atoms with van der Waals surface area (Å²) in [6.45, 7) is 1.87. The minimum absolute atomic E-state index is 0.0676. The van der Waals surface area contributed by atoms with Crippen molar-refractivity contribution in [3.05, 3.63) is 16.1 Å². The van der Waals surface area contributed by atoms with Gasteiger partial charge in [-0.25, -0.2) is 4.98 Å². The van der Waals surface area contributed by atoms with Crippen LogP contribution in [0.25, 0.3) is 0 Å². The Morgan fingerprint density at radius 3 is 2.77 bits per heavy atom. The maximum Gasteiger partial charge on any atom is 0.434 e. The summed E-state index contributed by atoms with van der Waals surface area (Å²) in [7, 11) is 0. The Kier molecular flexibility index (Phi) is 5.05. The Labute approximate surface area is 129 Å². The Morgan fingerprint density at radius 2 is 2.18 bits per heavy atom. The van der Waals surface area contributed by atoms with Crippen molar-refractivity contribution in [1.29, 1.82) is 0 Å². The molecular weight excluding hydrogens is 319 g/mol. The van der Waals surface area contributed by atoms with Gasteiger partial charge >= 0.3 is 6.18 Å². The van der Waals surface area contributed by atoms with Gasteiger partial charge in [0.1, 0.15) is 11.0 Å². The monoisotopic (exact) mass is 335 g/mol. The van der Waals surface area contributed by atoms with E-state index in [4.69, 9.17) is 0 Å². The highest BCUT2D eigenvalue weighted by Gasteiger charge is 2.34. The fraction of sp³-hybridized carbons (Fsp3) is 0.615. The topological polar surface area (TPSA) is 62.3 Å². The number of rotatable bonds is 3. The quantitative estimate of drug-likeness (QED) is 0.921. The summed E-state index contributed by atoms with van der Waals surface area (Å²) in [5.74, 6) is -0.521. The molecule has 2 amide bonds. The number of hydrogen-bond donors (Lipinski definition) is 1. The zero-order valence-corrected chi connectivity index (χ0v) is 12.8.